The quantitative estimate of drug-likeness (QED) is 0.365. The van der Waals surface area contributed by atoms with E-state index in [2.05, 4.69) is 5.32 Å². The Morgan fingerprint density at radius 1 is 1.03 bits per heavy atom. The molecule has 1 aromatic carbocycles. The molecule has 1 N–H and O–H groups in total. The van der Waals surface area contributed by atoms with Gasteiger partial charge in [0.1, 0.15) is 11.8 Å². The molecule has 3 rings (SSSR count). The van der Waals surface area contributed by atoms with E-state index in [-0.39, 0.29) is 29.1 Å². The third kappa shape index (κ3) is 6.43. The lowest BCUT2D eigenvalue weighted by atomic mass is 10.0. The van der Waals surface area contributed by atoms with Crippen LogP contribution < -0.4 is 10.1 Å². The first-order valence-electron chi connectivity index (χ1n) is 11.5. The summed E-state index contributed by atoms with van der Waals surface area (Å²) in [5.74, 6) is -0.861. The summed E-state index contributed by atoms with van der Waals surface area (Å²) < 4.78 is 5.84. The topological polar surface area (TPSA) is 110 Å². The zero-order valence-corrected chi connectivity index (χ0v) is 19.7. The Hall–Kier alpha value is -2.68. The highest BCUT2D eigenvalue weighted by atomic mass is 32.2. The van der Waals surface area contributed by atoms with Gasteiger partial charge in [0, 0.05) is 19.1 Å². The van der Waals surface area contributed by atoms with Crippen molar-refractivity contribution in [2.24, 2.45) is 0 Å². The largest absolute Gasteiger partial charge is 0.493 e. The van der Waals surface area contributed by atoms with Crippen molar-refractivity contribution < 1.29 is 28.7 Å². The minimum Gasteiger partial charge on any atom is -0.493 e. The van der Waals surface area contributed by atoms with Crippen LogP contribution in [0.25, 0.3) is 0 Å². The number of hydrogen-bond acceptors (Lipinski definition) is 7. The van der Waals surface area contributed by atoms with Crippen LogP contribution in [0.1, 0.15) is 85.4 Å². The molecule has 178 valence electrons. The van der Waals surface area contributed by atoms with Gasteiger partial charge in [0.05, 0.1) is 17.7 Å². The van der Waals surface area contributed by atoms with Crippen molar-refractivity contribution in [1.82, 2.24) is 10.2 Å². The highest BCUT2D eigenvalue weighted by Gasteiger charge is 2.45. The Balaban J connectivity index is 1.44. The Labute approximate surface area is 197 Å². The number of rotatable bonds is 12. The molecule has 2 heterocycles. The Bertz CT molecular complexity index is 932. The monoisotopic (exact) mass is 474 g/mol. The first-order chi connectivity index (χ1) is 15.9. The minimum atomic E-state index is -0.982. The standard InChI is InChI=1S/C24H30N2O6S/c1-16(27)33-15-8-6-4-2-3-5-7-14-32-19-11-9-10-17-21(19)24(31)26(23(17)30)18-12-13-20(28)25-22(18)29/h9-11,18H,2-8,12-15H2,1H3,(H,25,28,29). The number of nitrogens with one attached hydrogen (secondary N) is 1. The minimum absolute atomic E-state index is 0.0878. The number of unbranched alkanes of at least 4 members (excludes halogenated alkanes) is 6. The molecule has 0 saturated carbocycles. The van der Waals surface area contributed by atoms with Gasteiger partial charge >= 0.3 is 0 Å². The Morgan fingerprint density at radius 3 is 2.42 bits per heavy atom. The number of thioether (sulfide) groups is 1. The van der Waals surface area contributed by atoms with Gasteiger partial charge in [-0.2, -0.15) is 0 Å². The third-order valence-electron chi connectivity index (χ3n) is 5.78. The van der Waals surface area contributed by atoms with E-state index in [9.17, 15) is 24.0 Å². The average Bonchev–Trinajstić information content (AvgIpc) is 3.03. The lowest BCUT2D eigenvalue weighted by Crippen LogP contribution is -2.54. The van der Waals surface area contributed by atoms with Gasteiger partial charge in [-0.25, -0.2) is 0 Å². The molecule has 1 fully saturated rings. The number of hydrogen-bond donors (Lipinski definition) is 1. The van der Waals surface area contributed by atoms with Crippen LogP contribution in [0.3, 0.4) is 0 Å². The summed E-state index contributed by atoms with van der Waals surface area (Å²) >= 11 is 1.38. The summed E-state index contributed by atoms with van der Waals surface area (Å²) in [5, 5.41) is 2.37. The highest BCUT2D eigenvalue weighted by Crippen LogP contribution is 2.33. The third-order valence-corrected chi connectivity index (χ3v) is 6.68. The van der Waals surface area contributed by atoms with E-state index in [1.807, 2.05) is 0 Å². The van der Waals surface area contributed by atoms with Gasteiger partial charge in [-0.05, 0) is 31.4 Å². The van der Waals surface area contributed by atoms with Crippen molar-refractivity contribution in [3.8, 4) is 5.75 Å². The maximum atomic E-state index is 13.0. The molecule has 1 saturated heterocycles. The normalized spacial score (nSPS) is 17.8. The molecule has 0 bridgehead atoms. The van der Waals surface area contributed by atoms with Crippen LogP contribution in [0.2, 0.25) is 0 Å². The molecular formula is C24H30N2O6S. The van der Waals surface area contributed by atoms with E-state index < -0.39 is 29.7 Å². The second-order valence-electron chi connectivity index (χ2n) is 8.29. The molecule has 0 spiro atoms. The summed E-state index contributed by atoms with van der Waals surface area (Å²) in [4.78, 5) is 61.3. The van der Waals surface area contributed by atoms with E-state index in [0.717, 1.165) is 55.6 Å². The maximum absolute atomic E-state index is 13.0. The Morgan fingerprint density at radius 2 is 1.73 bits per heavy atom. The number of nitrogens with zero attached hydrogens (tertiary/aromatic N) is 1. The molecule has 0 aromatic heterocycles. The fourth-order valence-corrected chi connectivity index (χ4v) is 4.73. The predicted molar refractivity (Wildman–Crippen MR) is 124 cm³/mol. The van der Waals surface area contributed by atoms with Gasteiger partial charge in [0.25, 0.3) is 11.8 Å². The number of carbonyl (C=O) groups excluding carboxylic acids is 5. The SMILES string of the molecule is CC(=O)SCCCCCCCCCOc1cccc2c1C(=O)N(C1CCC(=O)NC1=O)C2=O. The number of benzene rings is 1. The summed E-state index contributed by atoms with van der Waals surface area (Å²) in [7, 11) is 0. The summed E-state index contributed by atoms with van der Waals surface area (Å²) in [6, 6.07) is 3.90. The fourth-order valence-electron chi connectivity index (χ4n) is 4.09. The van der Waals surface area contributed by atoms with Gasteiger partial charge in [0.15, 0.2) is 5.12 Å². The average molecular weight is 475 g/mol. The second-order valence-corrected chi connectivity index (χ2v) is 9.56. The molecule has 0 aliphatic carbocycles. The molecule has 33 heavy (non-hydrogen) atoms. The first-order valence-corrected chi connectivity index (χ1v) is 12.5. The summed E-state index contributed by atoms with van der Waals surface area (Å²) in [6.45, 7) is 2.03. The molecule has 2 aliphatic rings. The number of carbonyl (C=O) groups is 5. The summed E-state index contributed by atoms with van der Waals surface area (Å²) in [5.41, 5.74) is 0.417. The van der Waals surface area contributed by atoms with E-state index in [1.54, 1.807) is 25.1 Å². The van der Waals surface area contributed by atoms with Crippen LogP contribution in [0, 0.1) is 0 Å². The molecule has 1 unspecified atom stereocenters. The lowest BCUT2D eigenvalue weighted by molar-refractivity contribution is -0.136. The van der Waals surface area contributed by atoms with Crippen molar-refractivity contribution in [2.75, 3.05) is 12.4 Å². The van der Waals surface area contributed by atoms with Crippen molar-refractivity contribution >= 4 is 40.5 Å². The van der Waals surface area contributed by atoms with Gasteiger partial charge in [-0.3, -0.25) is 34.2 Å². The van der Waals surface area contributed by atoms with Crippen LogP contribution in [0.5, 0.6) is 5.75 Å². The van der Waals surface area contributed by atoms with Crippen LogP contribution in [0.15, 0.2) is 18.2 Å². The van der Waals surface area contributed by atoms with E-state index in [4.69, 9.17) is 4.74 Å². The van der Waals surface area contributed by atoms with Crippen molar-refractivity contribution in [1.29, 1.82) is 0 Å². The van der Waals surface area contributed by atoms with E-state index >= 15 is 0 Å². The van der Waals surface area contributed by atoms with Crippen LogP contribution in [-0.2, 0) is 14.4 Å². The lowest BCUT2D eigenvalue weighted by Gasteiger charge is -2.27. The highest BCUT2D eigenvalue weighted by molar-refractivity contribution is 8.13. The maximum Gasteiger partial charge on any atom is 0.266 e. The summed E-state index contributed by atoms with van der Waals surface area (Å²) in [6.07, 6.45) is 7.64. The van der Waals surface area contributed by atoms with Gasteiger partial charge in [-0.15, -0.1) is 0 Å². The van der Waals surface area contributed by atoms with Crippen LogP contribution >= 0.6 is 11.8 Å². The zero-order chi connectivity index (χ0) is 23.8. The number of amides is 4. The molecular weight excluding hydrogens is 444 g/mol. The number of imide groups is 2. The first kappa shape index (κ1) is 25.0. The van der Waals surface area contributed by atoms with Crippen molar-refractivity contribution in [3.05, 3.63) is 29.3 Å². The molecule has 1 aromatic rings. The smallest absolute Gasteiger partial charge is 0.266 e. The Kier molecular flexibility index (Phi) is 9.05. The molecule has 4 amide bonds. The molecule has 0 radical (unpaired) electrons. The van der Waals surface area contributed by atoms with Crippen molar-refractivity contribution in [3.63, 3.8) is 0 Å². The van der Waals surface area contributed by atoms with Gasteiger partial charge in [0.2, 0.25) is 11.8 Å². The van der Waals surface area contributed by atoms with E-state index in [0.29, 0.717) is 12.4 Å². The molecule has 8 nitrogen and oxygen atoms in total. The number of fused-ring (bicyclic) bond motifs is 1. The van der Waals surface area contributed by atoms with Gasteiger partial charge < -0.3 is 4.74 Å². The predicted octanol–water partition coefficient (Wildman–Crippen LogP) is 3.48. The van der Waals surface area contributed by atoms with Crippen LogP contribution in [-0.4, -0.2) is 52.0 Å². The second kappa shape index (κ2) is 12.0. The van der Waals surface area contributed by atoms with E-state index in [1.165, 1.54) is 11.8 Å². The molecule has 2 aliphatic heterocycles. The van der Waals surface area contributed by atoms with Gasteiger partial charge in [-0.1, -0.05) is 49.9 Å². The molecule has 1 atom stereocenters. The fraction of sp³-hybridized carbons (Fsp3) is 0.542. The molecule has 9 heteroatoms. The van der Waals surface area contributed by atoms with Crippen LogP contribution in [0.4, 0.5) is 0 Å². The van der Waals surface area contributed by atoms with Crippen molar-refractivity contribution in [2.45, 2.75) is 70.8 Å². The number of piperidine rings is 1. The zero-order valence-electron chi connectivity index (χ0n) is 18.9. The number of ether oxygens (including phenoxy) is 1.